The highest BCUT2D eigenvalue weighted by atomic mass is 32.2. The Morgan fingerprint density at radius 3 is 2.54 bits per heavy atom. The molecule has 6 nitrogen and oxygen atoms in total. The van der Waals surface area contributed by atoms with Crippen molar-refractivity contribution in [2.75, 3.05) is 7.11 Å². The molecule has 1 saturated carbocycles. The molecule has 0 atom stereocenters. The van der Waals surface area contributed by atoms with Gasteiger partial charge in [0.2, 0.25) is 0 Å². The fourth-order valence-corrected chi connectivity index (χ4v) is 3.90. The average Bonchev–Trinajstić information content (AvgIpc) is 3.28. The normalized spacial score (nSPS) is 14.5. The number of hydrogen-bond acceptors (Lipinski definition) is 5. The van der Waals surface area contributed by atoms with Crippen LogP contribution in [0.1, 0.15) is 28.8 Å². The highest BCUT2D eigenvalue weighted by molar-refractivity contribution is 7.89. The summed E-state index contributed by atoms with van der Waals surface area (Å²) in [5.74, 6) is -0.0765. The number of rotatable bonds is 7. The summed E-state index contributed by atoms with van der Waals surface area (Å²) in [6.07, 6.45) is 2.03. The lowest BCUT2D eigenvalue weighted by atomic mass is 10.2. The van der Waals surface area contributed by atoms with Crippen LogP contribution in [0.4, 0.5) is 0 Å². The number of nitrogens with zero attached hydrogens (tertiary/aromatic N) is 1. The van der Waals surface area contributed by atoms with E-state index >= 15 is 0 Å². The number of amides is 1. The number of thiophene rings is 1. The molecule has 0 aliphatic heterocycles. The van der Waals surface area contributed by atoms with Crippen LogP contribution in [0.15, 0.2) is 46.0 Å². The number of carbonyl (C=O) groups excluding carboxylic acids is 1. The summed E-state index contributed by atoms with van der Waals surface area (Å²) in [7, 11) is -2.48. The summed E-state index contributed by atoms with van der Waals surface area (Å²) in [6, 6.07) is 8.18. The predicted octanol–water partition coefficient (Wildman–Crippen LogP) is 2.39. The third kappa shape index (κ3) is 3.84. The van der Waals surface area contributed by atoms with Gasteiger partial charge in [0.25, 0.3) is 15.9 Å². The van der Waals surface area contributed by atoms with Crippen LogP contribution in [0.3, 0.4) is 0 Å². The van der Waals surface area contributed by atoms with Crippen LogP contribution in [0.2, 0.25) is 0 Å². The Hall–Kier alpha value is -1.74. The molecule has 1 aromatic carbocycles. The minimum atomic E-state index is -3.71. The second kappa shape index (κ2) is 7.02. The van der Waals surface area contributed by atoms with E-state index in [9.17, 15) is 13.2 Å². The lowest BCUT2D eigenvalue weighted by molar-refractivity contribution is 0.0730. The molecule has 0 unspecified atom stereocenters. The van der Waals surface area contributed by atoms with E-state index in [1.165, 1.54) is 31.4 Å². The van der Waals surface area contributed by atoms with Crippen LogP contribution in [0, 0.1) is 0 Å². The van der Waals surface area contributed by atoms with Gasteiger partial charge in [0, 0.05) is 18.2 Å². The molecular weight excluding hydrogens is 348 g/mol. The van der Waals surface area contributed by atoms with Crippen LogP contribution < -0.4 is 4.89 Å². The maximum absolute atomic E-state index is 12.8. The number of hydrogen-bond donors (Lipinski definition) is 1. The Balaban J connectivity index is 1.78. The van der Waals surface area contributed by atoms with Crippen LogP contribution in [0.5, 0.6) is 0 Å². The smallest absolute Gasteiger partial charge is 0.262 e. The van der Waals surface area contributed by atoms with Gasteiger partial charge in [-0.2, -0.15) is 11.3 Å². The molecule has 1 heterocycles. The van der Waals surface area contributed by atoms with E-state index < -0.39 is 10.0 Å². The van der Waals surface area contributed by atoms with Gasteiger partial charge in [0.05, 0.1) is 12.0 Å². The first-order valence-corrected chi connectivity index (χ1v) is 9.91. The lowest BCUT2D eigenvalue weighted by Crippen LogP contribution is -2.32. The van der Waals surface area contributed by atoms with Crippen molar-refractivity contribution >= 4 is 27.3 Å². The quantitative estimate of drug-likeness (QED) is 0.764. The van der Waals surface area contributed by atoms with Crippen LogP contribution in [0.25, 0.3) is 0 Å². The zero-order chi connectivity index (χ0) is 17.2. The summed E-state index contributed by atoms with van der Waals surface area (Å²) in [5.41, 5.74) is 1.59. The summed E-state index contributed by atoms with van der Waals surface area (Å²) in [6.45, 7) is 0.582. The largest absolute Gasteiger partial charge is 0.331 e. The van der Waals surface area contributed by atoms with E-state index in [2.05, 4.69) is 4.84 Å². The summed E-state index contributed by atoms with van der Waals surface area (Å²) in [4.78, 5) is 21.1. The summed E-state index contributed by atoms with van der Waals surface area (Å²) >= 11 is 1.61. The van der Waals surface area contributed by atoms with Crippen molar-refractivity contribution < 1.29 is 18.0 Å². The van der Waals surface area contributed by atoms with Gasteiger partial charge in [-0.1, -0.05) is 4.89 Å². The van der Waals surface area contributed by atoms with Gasteiger partial charge in [-0.05, 0) is 59.5 Å². The Labute approximate surface area is 145 Å². The third-order valence-corrected chi connectivity index (χ3v) is 5.80. The molecule has 8 heteroatoms. The van der Waals surface area contributed by atoms with Crippen LogP contribution in [-0.4, -0.2) is 32.4 Å². The Morgan fingerprint density at radius 2 is 2.00 bits per heavy atom. The Bertz CT molecular complexity index is 797. The second-order valence-electron chi connectivity index (χ2n) is 5.61. The molecule has 0 spiro atoms. The molecule has 0 bridgehead atoms. The first-order valence-electron chi connectivity index (χ1n) is 7.48. The Morgan fingerprint density at radius 1 is 1.29 bits per heavy atom. The average molecular weight is 366 g/mol. The van der Waals surface area contributed by atoms with E-state index in [0.29, 0.717) is 12.1 Å². The standard InChI is InChI=1S/C16H18N2O4S2/c1-22-17-24(20,21)15-6-2-13(3-7-15)16(19)18(14-4-5-14)10-12-8-9-23-11-12/h2-3,6-9,11,14,17H,4-5,10H2,1H3. The molecule has 1 aliphatic rings. The van der Waals surface area contributed by atoms with Crippen molar-refractivity contribution in [2.45, 2.75) is 30.3 Å². The maximum Gasteiger partial charge on any atom is 0.262 e. The SMILES string of the molecule is CONS(=O)(=O)c1ccc(C(=O)N(Cc2ccsc2)C2CC2)cc1. The fourth-order valence-electron chi connectivity index (χ4n) is 2.43. The van der Waals surface area contributed by atoms with Gasteiger partial charge in [-0.25, -0.2) is 8.42 Å². The molecule has 3 rings (SSSR count). The topological polar surface area (TPSA) is 75.7 Å². The molecule has 24 heavy (non-hydrogen) atoms. The van der Waals surface area contributed by atoms with Crippen LogP contribution in [-0.2, 0) is 21.4 Å². The molecule has 1 N–H and O–H groups in total. The van der Waals surface area contributed by atoms with Gasteiger partial charge >= 0.3 is 0 Å². The first-order chi connectivity index (χ1) is 11.5. The molecule has 2 aromatic rings. The van der Waals surface area contributed by atoms with Gasteiger partial charge in [-0.3, -0.25) is 9.63 Å². The van der Waals surface area contributed by atoms with Gasteiger partial charge in [0.1, 0.15) is 0 Å². The van der Waals surface area contributed by atoms with Crippen molar-refractivity contribution in [3.8, 4) is 0 Å². The van der Waals surface area contributed by atoms with Crippen molar-refractivity contribution in [3.63, 3.8) is 0 Å². The highest BCUT2D eigenvalue weighted by Gasteiger charge is 2.33. The van der Waals surface area contributed by atoms with E-state index in [4.69, 9.17) is 0 Å². The van der Waals surface area contributed by atoms with E-state index in [0.717, 1.165) is 18.4 Å². The molecular formula is C16H18N2O4S2. The molecule has 1 aromatic heterocycles. The molecule has 1 amide bonds. The summed E-state index contributed by atoms with van der Waals surface area (Å²) in [5, 5.41) is 4.03. The van der Waals surface area contributed by atoms with E-state index in [1.807, 2.05) is 26.6 Å². The third-order valence-electron chi connectivity index (χ3n) is 3.79. The van der Waals surface area contributed by atoms with Gasteiger partial charge in [-0.15, -0.1) is 0 Å². The summed E-state index contributed by atoms with van der Waals surface area (Å²) < 4.78 is 23.7. The molecule has 0 radical (unpaired) electrons. The number of nitrogens with one attached hydrogen (secondary N) is 1. The van der Waals surface area contributed by atoms with E-state index in [-0.39, 0.29) is 16.8 Å². The van der Waals surface area contributed by atoms with Gasteiger partial charge in [0.15, 0.2) is 0 Å². The van der Waals surface area contributed by atoms with Crippen molar-refractivity contribution in [2.24, 2.45) is 0 Å². The zero-order valence-electron chi connectivity index (χ0n) is 13.1. The Kier molecular flexibility index (Phi) is 5.00. The number of benzene rings is 1. The highest BCUT2D eigenvalue weighted by Crippen LogP contribution is 2.30. The van der Waals surface area contributed by atoms with Gasteiger partial charge < -0.3 is 4.90 Å². The minimum absolute atomic E-state index is 0.0525. The predicted molar refractivity (Wildman–Crippen MR) is 91.0 cm³/mol. The minimum Gasteiger partial charge on any atom is -0.331 e. The zero-order valence-corrected chi connectivity index (χ0v) is 14.8. The van der Waals surface area contributed by atoms with Crippen molar-refractivity contribution in [1.29, 1.82) is 0 Å². The molecule has 1 fully saturated rings. The second-order valence-corrected chi connectivity index (χ2v) is 8.04. The van der Waals surface area contributed by atoms with E-state index in [1.54, 1.807) is 11.3 Å². The van der Waals surface area contributed by atoms with Crippen molar-refractivity contribution in [3.05, 3.63) is 52.2 Å². The first kappa shape index (κ1) is 17.1. The van der Waals surface area contributed by atoms with Crippen LogP contribution >= 0.6 is 11.3 Å². The molecule has 1 aliphatic carbocycles. The monoisotopic (exact) mass is 366 g/mol. The number of carbonyl (C=O) groups is 1. The molecule has 128 valence electrons. The molecule has 0 saturated heterocycles. The van der Waals surface area contributed by atoms with Crippen molar-refractivity contribution in [1.82, 2.24) is 9.79 Å². The lowest BCUT2D eigenvalue weighted by Gasteiger charge is -2.22. The maximum atomic E-state index is 12.8. The number of sulfonamides is 1. The fraction of sp³-hybridized carbons (Fsp3) is 0.312.